The topological polar surface area (TPSA) is 88.0 Å². The lowest BCUT2D eigenvalue weighted by Gasteiger charge is -2.40. The average Bonchev–Trinajstić information content (AvgIpc) is 3.16. The Morgan fingerprint density at radius 2 is 2.00 bits per heavy atom. The van der Waals surface area contributed by atoms with Gasteiger partial charge in [0.25, 0.3) is 5.91 Å². The second-order valence-electron chi connectivity index (χ2n) is 8.80. The number of phenolic OH excluding ortho intramolecular Hbond substituents is 1. The highest BCUT2D eigenvalue weighted by molar-refractivity contribution is 6.00. The third-order valence-electron chi connectivity index (χ3n) is 6.39. The first-order valence-corrected chi connectivity index (χ1v) is 10.7. The molecule has 32 heavy (non-hydrogen) atoms. The van der Waals surface area contributed by atoms with E-state index in [0.29, 0.717) is 16.8 Å². The van der Waals surface area contributed by atoms with E-state index in [0.717, 1.165) is 18.4 Å². The van der Waals surface area contributed by atoms with Crippen LogP contribution in [0, 0.1) is 0 Å². The lowest BCUT2D eigenvalue weighted by Crippen LogP contribution is -2.52. The van der Waals surface area contributed by atoms with Gasteiger partial charge in [-0.1, -0.05) is 54.6 Å². The maximum absolute atomic E-state index is 12.7. The van der Waals surface area contributed by atoms with Crippen LogP contribution in [0.25, 0.3) is 6.08 Å². The van der Waals surface area contributed by atoms with E-state index in [9.17, 15) is 15.0 Å². The molecule has 2 aromatic carbocycles. The Kier molecular flexibility index (Phi) is 5.71. The summed E-state index contributed by atoms with van der Waals surface area (Å²) in [7, 11) is 1.36. The zero-order valence-corrected chi connectivity index (χ0v) is 18.6. The molecule has 1 amide bonds. The number of rotatable bonds is 5. The summed E-state index contributed by atoms with van der Waals surface area (Å²) in [6.07, 6.45) is 4.23. The first kappa shape index (κ1) is 22.3. The molecule has 168 valence electrons. The Bertz CT molecular complexity index is 1080. The van der Waals surface area contributed by atoms with E-state index in [1.165, 1.54) is 7.11 Å². The normalized spacial score (nSPS) is 29.7. The zero-order valence-electron chi connectivity index (χ0n) is 18.6. The number of carbonyl (C=O) groups excluding carboxylic acids is 1. The number of fused-ring (bicyclic) bond motifs is 1. The Balaban J connectivity index is 1.79. The number of aliphatic hydroxyl groups is 1. The fourth-order valence-corrected chi connectivity index (χ4v) is 4.61. The SMILES string of the molecule is C=C(C)C1CCC(C)(C=Cc2ccc3c(c2O)C(O)(c2ccccc2)C(OC)C(=O)N3)O1. The summed E-state index contributed by atoms with van der Waals surface area (Å²) < 4.78 is 11.5. The number of benzene rings is 2. The van der Waals surface area contributed by atoms with E-state index in [-0.39, 0.29) is 17.4 Å². The molecule has 0 bridgehead atoms. The van der Waals surface area contributed by atoms with E-state index < -0.39 is 23.2 Å². The minimum atomic E-state index is -1.86. The molecule has 4 unspecified atom stereocenters. The lowest BCUT2D eigenvalue weighted by molar-refractivity contribution is -0.142. The molecule has 2 aliphatic rings. The fraction of sp³-hybridized carbons (Fsp3) is 0.346. The summed E-state index contributed by atoms with van der Waals surface area (Å²) in [6, 6.07) is 12.2. The highest BCUT2D eigenvalue weighted by atomic mass is 16.5. The molecule has 2 heterocycles. The van der Waals surface area contributed by atoms with Crippen LogP contribution in [0.1, 0.15) is 43.4 Å². The van der Waals surface area contributed by atoms with Gasteiger partial charge in [-0.15, -0.1) is 0 Å². The summed E-state index contributed by atoms with van der Waals surface area (Å²) in [5.74, 6) is -0.600. The van der Waals surface area contributed by atoms with Crippen LogP contribution in [-0.2, 0) is 19.9 Å². The predicted molar refractivity (Wildman–Crippen MR) is 123 cm³/mol. The van der Waals surface area contributed by atoms with Gasteiger partial charge in [-0.05, 0) is 44.4 Å². The molecular weight excluding hydrogens is 406 g/mol. The predicted octanol–water partition coefficient (Wildman–Crippen LogP) is 4.12. The van der Waals surface area contributed by atoms with Gasteiger partial charge < -0.3 is 25.0 Å². The average molecular weight is 436 g/mol. The Labute approximate surface area is 188 Å². The molecule has 1 fully saturated rings. The fourth-order valence-electron chi connectivity index (χ4n) is 4.61. The Morgan fingerprint density at radius 3 is 2.62 bits per heavy atom. The highest BCUT2D eigenvalue weighted by Gasteiger charge is 2.51. The number of methoxy groups -OCH3 is 1. The van der Waals surface area contributed by atoms with Crippen molar-refractivity contribution in [2.45, 2.75) is 50.1 Å². The minimum absolute atomic E-state index is 0.0163. The van der Waals surface area contributed by atoms with Crippen LogP contribution >= 0.6 is 0 Å². The van der Waals surface area contributed by atoms with Crippen molar-refractivity contribution in [3.05, 3.63) is 77.4 Å². The summed E-state index contributed by atoms with van der Waals surface area (Å²) >= 11 is 0. The Morgan fingerprint density at radius 1 is 1.28 bits per heavy atom. The van der Waals surface area contributed by atoms with E-state index in [1.807, 2.05) is 26.0 Å². The van der Waals surface area contributed by atoms with Crippen molar-refractivity contribution in [3.8, 4) is 5.75 Å². The summed E-state index contributed by atoms with van der Waals surface area (Å²) in [5, 5.41) is 25.8. The van der Waals surface area contributed by atoms with Gasteiger partial charge in [0.2, 0.25) is 0 Å². The van der Waals surface area contributed by atoms with Gasteiger partial charge >= 0.3 is 0 Å². The molecule has 1 saturated heterocycles. The van der Waals surface area contributed by atoms with Crippen LogP contribution in [0.15, 0.2) is 60.7 Å². The third-order valence-corrected chi connectivity index (χ3v) is 6.39. The van der Waals surface area contributed by atoms with Crippen molar-refractivity contribution in [1.29, 1.82) is 0 Å². The standard InChI is InChI=1S/C26H29NO5/c1-16(2)20-13-15-25(3,32-20)14-12-17-10-11-19-21(22(17)28)26(30,18-8-6-5-7-9-18)23(31-4)24(29)27-19/h5-12,14,20,23,28,30H,1,13,15H2,2-4H3,(H,27,29). The number of aromatic hydroxyl groups is 1. The molecule has 0 aromatic heterocycles. The summed E-state index contributed by atoms with van der Waals surface area (Å²) in [4.78, 5) is 12.7. The van der Waals surface area contributed by atoms with Crippen LogP contribution in [0.3, 0.4) is 0 Å². The highest BCUT2D eigenvalue weighted by Crippen LogP contribution is 2.48. The first-order chi connectivity index (χ1) is 15.2. The lowest BCUT2D eigenvalue weighted by atomic mass is 9.76. The van der Waals surface area contributed by atoms with Gasteiger partial charge in [0, 0.05) is 12.7 Å². The monoisotopic (exact) mass is 435 g/mol. The smallest absolute Gasteiger partial charge is 0.257 e. The molecule has 3 N–H and O–H groups in total. The number of hydrogen-bond donors (Lipinski definition) is 3. The number of ether oxygens (including phenoxy) is 2. The van der Waals surface area contributed by atoms with Crippen molar-refractivity contribution < 1.29 is 24.5 Å². The molecule has 0 aliphatic carbocycles. The molecule has 0 saturated carbocycles. The van der Waals surface area contributed by atoms with Crippen molar-refractivity contribution in [2.75, 3.05) is 12.4 Å². The van der Waals surface area contributed by atoms with E-state index in [4.69, 9.17) is 9.47 Å². The second-order valence-corrected chi connectivity index (χ2v) is 8.80. The second kappa shape index (κ2) is 8.20. The number of phenols is 1. The quantitative estimate of drug-likeness (QED) is 0.615. The Hall–Kier alpha value is -2.93. The van der Waals surface area contributed by atoms with Gasteiger partial charge in [0.15, 0.2) is 11.7 Å². The largest absolute Gasteiger partial charge is 0.507 e. The minimum Gasteiger partial charge on any atom is -0.507 e. The van der Waals surface area contributed by atoms with Crippen molar-refractivity contribution in [1.82, 2.24) is 0 Å². The maximum atomic E-state index is 12.7. The van der Waals surface area contributed by atoms with Gasteiger partial charge in [-0.3, -0.25) is 4.79 Å². The molecule has 0 radical (unpaired) electrons. The summed E-state index contributed by atoms with van der Waals surface area (Å²) in [5.41, 5.74) is 0.158. The molecule has 2 aromatic rings. The van der Waals surface area contributed by atoms with Crippen molar-refractivity contribution >= 4 is 17.7 Å². The summed E-state index contributed by atoms with van der Waals surface area (Å²) in [6.45, 7) is 7.95. The van der Waals surface area contributed by atoms with Crippen LogP contribution in [0.4, 0.5) is 5.69 Å². The third kappa shape index (κ3) is 3.64. The van der Waals surface area contributed by atoms with E-state index in [2.05, 4.69) is 11.9 Å². The molecule has 6 nitrogen and oxygen atoms in total. The number of hydrogen-bond acceptors (Lipinski definition) is 5. The molecule has 2 aliphatic heterocycles. The maximum Gasteiger partial charge on any atom is 0.257 e. The van der Waals surface area contributed by atoms with Gasteiger partial charge in [0.05, 0.1) is 23.0 Å². The van der Waals surface area contributed by atoms with Gasteiger partial charge in [-0.25, -0.2) is 0 Å². The zero-order chi connectivity index (χ0) is 23.1. The van der Waals surface area contributed by atoms with Gasteiger partial charge in [0.1, 0.15) is 5.75 Å². The molecule has 4 atom stereocenters. The van der Waals surface area contributed by atoms with E-state index in [1.54, 1.807) is 42.5 Å². The van der Waals surface area contributed by atoms with Crippen LogP contribution in [-0.4, -0.2) is 41.0 Å². The molecule has 4 rings (SSSR count). The van der Waals surface area contributed by atoms with Crippen LogP contribution in [0.2, 0.25) is 0 Å². The van der Waals surface area contributed by atoms with Crippen molar-refractivity contribution in [3.63, 3.8) is 0 Å². The number of amides is 1. The molecule has 6 heteroatoms. The van der Waals surface area contributed by atoms with Crippen LogP contribution in [0.5, 0.6) is 5.75 Å². The molecular formula is C26H29NO5. The molecule has 0 spiro atoms. The first-order valence-electron chi connectivity index (χ1n) is 10.7. The number of carbonyl (C=O) groups is 1. The van der Waals surface area contributed by atoms with Gasteiger partial charge in [-0.2, -0.15) is 0 Å². The van der Waals surface area contributed by atoms with Crippen molar-refractivity contribution in [2.24, 2.45) is 0 Å². The van der Waals surface area contributed by atoms with Crippen LogP contribution < -0.4 is 5.32 Å². The number of nitrogens with one attached hydrogen (secondary N) is 1. The number of anilines is 1. The van der Waals surface area contributed by atoms with E-state index >= 15 is 0 Å².